The second kappa shape index (κ2) is 4.14. The summed E-state index contributed by atoms with van der Waals surface area (Å²) < 4.78 is 4.73. The van der Waals surface area contributed by atoms with E-state index in [-0.39, 0.29) is 0 Å². The number of hydrogen-bond donors (Lipinski definition) is 1. The van der Waals surface area contributed by atoms with Gasteiger partial charge in [0.2, 0.25) is 0 Å². The molecule has 0 radical (unpaired) electrons. The van der Waals surface area contributed by atoms with Gasteiger partial charge in [0.25, 0.3) is 0 Å². The number of hydrogen-bond acceptors (Lipinski definition) is 3. The van der Waals surface area contributed by atoms with Gasteiger partial charge in [0, 0.05) is 31.7 Å². The van der Waals surface area contributed by atoms with Crippen LogP contribution in [0.3, 0.4) is 0 Å². The first-order chi connectivity index (χ1) is 8.34. The van der Waals surface area contributed by atoms with Crippen LogP contribution in [-0.4, -0.2) is 24.1 Å². The molecular weight excluding hydrogens is 234 g/mol. The van der Waals surface area contributed by atoms with Crippen LogP contribution in [-0.2, 0) is 13.1 Å². The van der Waals surface area contributed by atoms with Gasteiger partial charge in [0.05, 0.1) is 11.8 Å². The number of aryl methyl sites for hydroxylation is 2. The third-order valence-corrected chi connectivity index (χ3v) is 2.99. The molecule has 0 aliphatic carbocycles. The molecule has 6 heteroatoms. The van der Waals surface area contributed by atoms with Gasteiger partial charge in [0.1, 0.15) is 0 Å². The molecule has 17 heavy (non-hydrogen) atoms. The Labute approximate surface area is 103 Å². The van der Waals surface area contributed by atoms with Crippen molar-refractivity contribution in [3.8, 4) is 0 Å². The zero-order valence-corrected chi connectivity index (χ0v) is 9.89. The van der Waals surface area contributed by atoms with E-state index in [0.29, 0.717) is 4.77 Å². The van der Waals surface area contributed by atoms with E-state index in [2.05, 4.69) is 15.0 Å². The fourth-order valence-corrected chi connectivity index (χ4v) is 2.12. The van der Waals surface area contributed by atoms with E-state index in [9.17, 15) is 0 Å². The second-order valence-electron chi connectivity index (χ2n) is 3.76. The summed E-state index contributed by atoms with van der Waals surface area (Å²) in [6, 6.07) is 3.87. The van der Waals surface area contributed by atoms with E-state index in [0.717, 1.165) is 24.3 Å². The van der Waals surface area contributed by atoms with Crippen molar-refractivity contribution in [2.75, 3.05) is 0 Å². The molecule has 5 nitrogen and oxygen atoms in total. The highest BCUT2D eigenvalue weighted by Gasteiger charge is 2.04. The molecule has 3 aromatic heterocycles. The smallest absolute Gasteiger partial charge is 0.179 e. The van der Waals surface area contributed by atoms with Gasteiger partial charge in [-0.2, -0.15) is 0 Å². The molecule has 86 valence electrons. The van der Waals surface area contributed by atoms with Gasteiger partial charge in [-0.05, 0) is 24.4 Å². The predicted molar refractivity (Wildman–Crippen MR) is 67.1 cm³/mol. The van der Waals surface area contributed by atoms with Crippen LogP contribution in [0.15, 0.2) is 37.1 Å². The van der Waals surface area contributed by atoms with Crippen molar-refractivity contribution in [2.45, 2.75) is 13.1 Å². The molecule has 1 N–H and O–H groups in total. The third kappa shape index (κ3) is 1.87. The summed E-state index contributed by atoms with van der Waals surface area (Å²) in [4.78, 5) is 11.5. The van der Waals surface area contributed by atoms with Crippen LogP contribution >= 0.6 is 12.2 Å². The summed E-state index contributed by atoms with van der Waals surface area (Å²) in [7, 11) is 0. The average molecular weight is 245 g/mol. The minimum atomic E-state index is 0.707. The third-order valence-electron chi connectivity index (χ3n) is 2.67. The van der Waals surface area contributed by atoms with Gasteiger partial charge in [-0.1, -0.05) is 0 Å². The maximum atomic E-state index is 5.29. The van der Waals surface area contributed by atoms with E-state index in [1.165, 1.54) is 0 Å². The predicted octanol–water partition coefficient (Wildman–Crippen LogP) is 1.99. The summed E-state index contributed by atoms with van der Waals surface area (Å²) in [6.45, 7) is 1.62. The summed E-state index contributed by atoms with van der Waals surface area (Å²) >= 11 is 5.29. The Morgan fingerprint density at radius 3 is 3.06 bits per heavy atom. The van der Waals surface area contributed by atoms with Crippen LogP contribution in [0.5, 0.6) is 0 Å². The maximum Gasteiger partial charge on any atom is 0.179 e. The normalized spacial score (nSPS) is 11.1. The van der Waals surface area contributed by atoms with E-state index >= 15 is 0 Å². The molecule has 0 atom stereocenters. The highest BCUT2D eigenvalue weighted by molar-refractivity contribution is 7.71. The molecule has 0 saturated heterocycles. The van der Waals surface area contributed by atoms with Crippen molar-refractivity contribution in [2.24, 2.45) is 0 Å². The Kier molecular flexibility index (Phi) is 2.49. The number of imidazole rings is 2. The first-order valence-corrected chi connectivity index (χ1v) is 5.75. The number of H-pyrrole nitrogens is 1. The SMILES string of the molecule is S=c1[nH]c2cccnc2n1CCn1ccnc1. The van der Waals surface area contributed by atoms with Crippen molar-refractivity contribution >= 4 is 23.4 Å². The van der Waals surface area contributed by atoms with Crippen LogP contribution in [0.2, 0.25) is 0 Å². The minimum absolute atomic E-state index is 0.707. The van der Waals surface area contributed by atoms with Gasteiger partial charge in [-0.15, -0.1) is 0 Å². The number of aromatic nitrogens is 5. The summed E-state index contributed by atoms with van der Waals surface area (Å²) in [5.41, 5.74) is 1.88. The molecule has 3 aromatic rings. The minimum Gasteiger partial charge on any atom is -0.336 e. The van der Waals surface area contributed by atoms with E-state index in [4.69, 9.17) is 12.2 Å². The van der Waals surface area contributed by atoms with Crippen molar-refractivity contribution < 1.29 is 0 Å². The molecule has 0 unspecified atom stereocenters. The fourth-order valence-electron chi connectivity index (χ4n) is 1.83. The van der Waals surface area contributed by atoms with Crippen LogP contribution < -0.4 is 0 Å². The lowest BCUT2D eigenvalue weighted by Gasteiger charge is -2.04. The molecule has 3 heterocycles. The Hall–Kier alpha value is -1.95. The Morgan fingerprint density at radius 2 is 2.24 bits per heavy atom. The zero-order valence-electron chi connectivity index (χ0n) is 9.08. The van der Waals surface area contributed by atoms with Crippen LogP contribution in [0, 0.1) is 4.77 Å². The lowest BCUT2D eigenvalue weighted by atomic mass is 10.4. The Bertz CT molecular complexity index is 679. The topological polar surface area (TPSA) is 51.4 Å². The lowest BCUT2D eigenvalue weighted by Crippen LogP contribution is -2.06. The molecule has 0 saturated carbocycles. The maximum absolute atomic E-state index is 5.29. The Morgan fingerprint density at radius 1 is 1.29 bits per heavy atom. The van der Waals surface area contributed by atoms with Gasteiger partial charge in [-0.25, -0.2) is 9.97 Å². The van der Waals surface area contributed by atoms with Crippen molar-refractivity contribution in [3.05, 3.63) is 41.8 Å². The van der Waals surface area contributed by atoms with Crippen molar-refractivity contribution in [1.29, 1.82) is 0 Å². The number of aromatic amines is 1. The second-order valence-corrected chi connectivity index (χ2v) is 4.14. The molecule has 0 bridgehead atoms. The monoisotopic (exact) mass is 245 g/mol. The standard InChI is InChI=1S/C11H11N5S/c17-11-14-9-2-1-3-13-10(9)16(11)7-6-15-5-4-12-8-15/h1-5,8H,6-7H2,(H,14,17). The summed E-state index contributed by atoms with van der Waals surface area (Å²) in [6.07, 6.45) is 7.28. The molecule has 0 spiro atoms. The van der Waals surface area contributed by atoms with Crippen molar-refractivity contribution in [1.82, 2.24) is 24.1 Å². The zero-order chi connectivity index (χ0) is 11.7. The van der Waals surface area contributed by atoms with Gasteiger partial charge >= 0.3 is 0 Å². The van der Waals surface area contributed by atoms with Crippen LogP contribution in [0.1, 0.15) is 0 Å². The number of nitrogens with one attached hydrogen (secondary N) is 1. The summed E-state index contributed by atoms with van der Waals surface area (Å²) in [5, 5.41) is 0. The molecule has 0 amide bonds. The number of fused-ring (bicyclic) bond motifs is 1. The van der Waals surface area contributed by atoms with Gasteiger partial charge in [0.15, 0.2) is 10.4 Å². The highest BCUT2D eigenvalue weighted by atomic mass is 32.1. The number of nitrogens with zero attached hydrogens (tertiary/aromatic N) is 4. The molecule has 0 aromatic carbocycles. The van der Waals surface area contributed by atoms with E-state index < -0.39 is 0 Å². The average Bonchev–Trinajstić information content (AvgIpc) is 2.93. The van der Waals surface area contributed by atoms with E-state index in [1.54, 1.807) is 18.7 Å². The van der Waals surface area contributed by atoms with Crippen molar-refractivity contribution in [3.63, 3.8) is 0 Å². The largest absolute Gasteiger partial charge is 0.336 e. The molecule has 0 aliphatic heterocycles. The number of pyridine rings is 1. The molecule has 0 fully saturated rings. The lowest BCUT2D eigenvalue weighted by molar-refractivity contribution is 0.582. The number of rotatable bonds is 3. The molecular formula is C11H11N5S. The molecule has 3 rings (SSSR count). The first-order valence-electron chi connectivity index (χ1n) is 5.34. The first kappa shape index (κ1) is 10.2. The van der Waals surface area contributed by atoms with Crippen LogP contribution in [0.25, 0.3) is 11.2 Å². The highest BCUT2D eigenvalue weighted by Crippen LogP contribution is 2.10. The fraction of sp³-hybridized carbons (Fsp3) is 0.182. The Balaban J connectivity index is 1.94. The quantitative estimate of drug-likeness (QED) is 0.718. The van der Waals surface area contributed by atoms with E-state index in [1.807, 2.05) is 27.5 Å². The molecule has 0 aliphatic rings. The van der Waals surface area contributed by atoms with Gasteiger partial charge in [-0.3, -0.25) is 4.57 Å². The van der Waals surface area contributed by atoms with Crippen LogP contribution in [0.4, 0.5) is 0 Å². The van der Waals surface area contributed by atoms with Gasteiger partial charge < -0.3 is 9.55 Å². The summed E-state index contributed by atoms with van der Waals surface area (Å²) in [5.74, 6) is 0.